The molecule has 0 bridgehead atoms. The number of esters is 1. The summed E-state index contributed by atoms with van der Waals surface area (Å²) in [5.74, 6) is 0.228. The molecular formula is C27H30N2O4. The van der Waals surface area contributed by atoms with Gasteiger partial charge >= 0.3 is 5.97 Å². The van der Waals surface area contributed by atoms with Gasteiger partial charge in [0.2, 0.25) is 5.91 Å². The predicted molar refractivity (Wildman–Crippen MR) is 129 cm³/mol. The van der Waals surface area contributed by atoms with Gasteiger partial charge in [0, 0.05) is 24.2 Å². The van der Waals surface area contributed by atoms with Crippen molar-refractivity contribution in [1.29, 1.82) is 0 Å². The van der Waals surface area contributed by atoms with Crippen LogP contribution in [0.3, 0.4) is 0 Å². The number of methoxy groups -OCH3 is 1. The second kappa shape index (κ2) is 10.4. The van der Waals surface area contributed by atoms with Crippen LogP contribution in [0.1, 0.15) is 48.7 Å². The van der Waals surface area contributed by atoms with Crippen molar-refractivity contribution in [2.24, 2.45) is 5.92 Å². The molecule has 1 saturated carbocycles. The summed E-state index contributed by atoms with van der Waals surface area (Å²) in [7, 11) is 1.62. The van der Waals surface area contributed by atoms with Gasteiger partial charge in [0.05, 0.1) is 19.4 Å². The summed E-state index contributed by atoms with van der Waals surface area (Å²) in [4.78, 5) is 26.2. The number of benzene rings is 2. The smallest absolute Gasteiger partial charge is 0.357 e. The molecule has 0 saturated heterocycles. The third-order valence-electron chi connectivity index (χ3n) is 6.12. The zero-order chi connectivity index (χ0) is 23.2. The summed E-state index contributed by atoms with van der Waals surface area (Å²) in [6.45, 7) is 2.52. The Bertz CT molecular complexity index is 1100. The monoisotopic (exact) mass is 446 g/mol. The molecule has 6 nitrogen and oxygen atoms in total. The van der Waals surface area contributed by atoms with E-state index in [1.54, 1.807) is 14.0 Å². The predicted octanol–water partition coefficient (Wildman–Crippen LogP) is 5.52. The van der Waals surface area contributed by atoms with Gasteiger partial charge in [0.15, 0.2) is 5.69 Å². The molecule has 1 aromatic heterocycles. The molecule has 33 heavy (non-hydrogen) atoms. The number of carbonyl (C=O) groups excluding carboxylic acids is 2. The van der Waals surface area contributed by atoms with Crippen LogP contribution >= 0.6 is 0 Å². The van der Waals surface area contributed by atoms with Gasteiger partial charge in [-0.1, -0.05) is 55.3 Å². The number of ether oxygens (including phenoxy) is 2. The Hall–Kier alpha value is -3.54. The topological polar surface area (TPSA) is 69.6 Å². The van der Waals surface area contributed by atoms with E-state index in [1.807, 2.05) is 65.4 Å². The average Bonchev–Trinajstić information content (AvgIpc) is 3.49. The van der Waals surface area contributed by atoms with Gasteiger partial charge in [0.1, 0.15) is 5.75 Å². The van der Waals surface area contributed by atoms with E-state index in [2.05, 4.69) is 5.32 Å². The number of amides is 1. The van der Waals surface area contributed by atoms with Crippen molar-refractivity contribution in [3.63, 3.8) is 0 Å². The standard InChI is InChI=1S/C27H30N2O4/c1-3-33-27(31)25-24(28-26(30)21-11-7-8-12-21)23(20-13-15-22(32-2)16-14-20)18-29(25)17-19-9-5-4-6-10-19/h4-6,9-10,13-16,18,21H,3,7-8,11-12,17H2,1-2H3,(H,28,30). The number of nitrogens with one attached hydrogen (secondary N) is 1. The first-order valence-corrected chi connectivity index (χ1v) is 11.5. The summed E-state index contributed by atoms with van der Waals surface area (Å²) in [6, 6.07) is 17.5. The fourth-order valence-electron chi connectivity index (χ4n) is 4.41. The van der Waals surface area contributed by atoms with Crippen molar-refractivity contribution in [2.75, 3.05) is 19.0 Å². The number of rotatable bonds is 8. The van der Waals surface area contributed by atoms with Crippen LogP contribution in [0.5, 0.6) is 5.75 Å². The second-order valence-corrected chi connectivity index (χ2v) is 8.30. The fourth-order valence-corrected chi connectivity index (χ4v) is 4.41. The third-order valence-corrected chi connectivity index (χ3v) is 6.12. The Morgan fingerprint density at radius 2 is 1.73 bits per heavy atom. The van der Waals surface area contributed by atoms with Gasteiger partial charge in [-0.05, 0) is 43.0 Å². The minimum absolute atomic E-state index is 0.0266. The van der Waals surface area contributed by atoms with Gasteiger partial charge in [-0.3, -0.25) is 4.79 Å². The van der Waals surface area contributed by atoms with Gasteiger partial charge in [-0.2, -0.15) is 0 Å². The highest BCUT2D eigenvalue weighted by atomic mass is 16.5. The average molecular weight is 447 g/mol. The molecule has 3 aromatic rings. The first-order valence-electron chi connectivity index (χ1n) is 11.5. The van der Waals surface area contributed by atoms with Crippen LogP contribution in [0, 0.1) is 5.92 Å². The minimum atomic E-state index is -0.449. The maximum absolute atomic E-state index is 13.1. The second-order valence-electron chi connectivity index (χ2n) is 8.30. The summed E-state index contributed by atoms with van der Waals surface area (Å²) >= 11 is 0. The molecule has 0 unspecified atom stereocenters. The molecule has 0 aliphatic heterocycles. The number of hydrogen-bond donors (Lipinski definition) is 1. The molecule has 172 valence electrons. The number of hydrogen-bond acceptors (Lipinski definition) is 4. The van der Waals surface area contributed by atoms with Crippen LogP contribution < -0.4 is 10.1 Å². The van der Waals surface area contributed by atoms with Crippen LogP contribution in [0.15, 0.2) is 60.8 Å². The van der Waals surface area contributed by atoms with Crippen LogP contribution in [-0.2, 0) is 16.1 Å². The highest BCUT2D eigenvalue weighted by Crippen LogP contribution is 2.36. The molecular weight excluding hydrogens is 416 g/mol. The Morgan fingerprint density at radius 1 is 1.03 bits per heavy atom. The largest absolute Gasteiger partial charge is 0.497 e. The first kappa shape index (κ1) is 22.6. The van der Waals surface area contributed by atoms with Crippen molar-refractivity contribution in [3.05, 3.63) is 72.1 Å². The molecule has 1 amide bonds. The molecule has 1 aliphatic carbocycles. The number of nitrogens with zero attached hydrogens (tertiary/aromatic N) is 1. The minimum Gasteiger partial charge on any atom is -0.497 e. The molecule has 2 aromatic carbocycles. The molecule has 1 heterocycles. The number of carbonyl (C=O) groups is 2. The van der Waals surface area contributed by atoms with Crippen LogP contribution in [0.25, 0.3) is 11.1 Å². The van der Waals surface area contributed by atoms with E-state index in [1.165, 1.54) is 0 Å². The summed E-state index contributed by atoms with van der Waals surface area (Å²) in [5.41, 5.74) is 3.58. The zero-order valence-corrected chi connectivity index (χ0v) is 19.2. The van der Waals surface area contributed by atoms with E-state index in [-0.39, 0.29) is 18.4 Å². The fraction of sp³-hybridized carbons (Fsp3) is 0.333. The number of anilines is 1. The highest BCUT2D eigenvalue weighted by Gasteiger charge is 2.29. The Labute approximate surface area is 194 Å². The van der Waals surface area contributed by atoms with E-state index < -0.39 is 5.97 Å². The van der Waals surface area contributed by atoms with Crippen molar-refractivity contribution in [1.82, 2.24) is 4.57 Å². The van der Waals surface area contributed by atoms with Gasteiger partial charge in [0.25, 0.3) is 0 Å². The van der Waals surface area contributed by atoms with Gasteiger partial charge in [-0.25, -0.2) is 4.79 Å². The van der Waals surface area contributed by atoms with E-state index in [9.17, 15) is 9.59 Å². The lowest BCUT2D eigenvalue weighted by atomic mass is 10.0. The van der Waals surface area contributed by atoms with Crippen LogP contribution in [-0.4, -0.2) is 30.2 Å². The molecule has 1 N–H and O–H groups in total. The lowest BCUT2D eigenvalue weighted by molar-refractivity contribution is -0.119. The Morgan fingerprint density at radius 3 is 2.36 bits per heavy atom. The molecule has 6 heteroatoms. The van der Waals surface area contributed by atoms with Gasteiger partial charge < -0.3 is 19.4 Å². The number of aromatic nitrogens is 1. The highest BCUT2D eigenvalue weighted by molar-refractivity contribution is 6.06. The summed E-state index contributed by atoms with van der Waals surface area (Å²) < 4.78 is 12.6. The SMILES string of the molecule is CCOC(=O)c1c(NC(=O)C2CCCC2)c(-c2ccc(OC)cc2)cn1Cc1ccccc1. The van der Waals surface area contributed by atoms with Crippen LogP contribution in [0.2, 0.25) is 0 Å². The molecule has 1 aliphatic rings. The van der Waals surface area contributed by atoms with Crippen molar-refractivity contribution in [3.8, 4) is 16.9 Å². The maximum Gasteiger partial charge on any atom is 0.357 e. The molecule has 0 spiro atoms. The van der Waals surface area contributed by atoms with Gasteiger partial charge in [-0.15, -0.1) is 0 Å². The molecule has 0 radical (unpaired) electrons. The van der Waals surface area contributed by atoms with Crippen molar-refractivity contribution >= 4 is 17.6 Å². The first-order chi connectivity index (χ1) is 16.1. The third kappa shape index (κ3) is 5.11. The quantitative estimate of drug-likeness (QED) is 0.463. The maximum atomic E-state index is 13.1. The lowest BCUT2D eigenvalue weighted by Gasteiger charge is -2.14. The van der Waals surface area contributed by atoms with E-state index >= 15 is 0 Å². The van der Waals surface area contributed by atoms with E-state index in [0.717, 1.165) is 48.1 Å². The van der Waals surface area contributed by atoms with Crippen molar-refractivity contribution in [2.45, 2.75) is 39.2 Å². The Balaban J connectivity index is 1.82. The molecule has 1 fully saturated rings. The van der Waals surface area contributed by atoms with Crippen LogP contribution in [0.4, 0.5) is 5.69 Å². The lowest BCUT2D eigenvalue weighted by Crippen LogP contribution is -2.23. The summed E-state index contributed by atoms with van der Waals surface area (Å²) in [5, 5.41) is 3.10. The molecule has 0 atom stereocenters. The van der Waals surface area contributed by atoms with E-state index in [0.29, 0.717) is 17.9 Å². The Kier molecular flexibility index (Phi) is 7.13. The van der Waals surface area contributed by atoms with Crippen molar-refractivity contribution < 1.29 is 19.1 Å². The summed E-state index contributed by atoms with van der Waals surface area (Å²) in [6.07, 6.45) is 5.80. The zero-order valence-electron chi connectivity index (χ0n) is 19.2. The van der Waals surface area contributed by atoms with E-state index in [4.69, 9.17) is 9.47 Å². The molecule has 4 rings (SSSR count). The normalized spacial score (nSPS) is 13.6.